The third kappa shape index (κ3) is 7.57. The molecule has 2 atom stereocenters. The molecule has 2 saturated carbocycles. The number of hydrogen-bond acceptors (Lipinski definition) is 6. The summed E-state index contributed by atoms with van der Waals surface area (Å²) in [5.41, 5.74) is 5.17. The molecule has 0 aliphatic heterocycles. The number of amides is 4. The second-order valence-electron chi connectivity index (χ2n) is 9.21. The van der Waals surface area contributed by atoms with Gasteiger partial charge >= 0.3 is 0 Å². The number of primary amides is 1. The molecule has 182 valence electrons. The van der Waals surface area contributed by atoms with Crippen LogP contribution < -0.4 is 21.7 Å². The molecule has 0 saturated heterocycles. The highest BCUT2D eigenvalue weighted by Crippen LogP contribution is 2.29. The molecule has 2 aliphatic rings. The van der Waals surface area contributed by atoms with Gasteiger partial charge in [0.1, 0.15) is 12.1 Å². The standard InChI is InChI=1S/C23H35N5O5/c24-19(29)14-25-23(32)20(16-9-5-2-6-10-16)28-21(30)17(13-15-7-3-1-4-8-15)27-22(31)18-11-12-26-33-18/h11-12,15-17,20H,1-10,13-14H2,(H2,24,29)(H,25,32)(H,27,31)(H,28,30). The number of nitrogens with two attached hydrogens (primary N) is 1. The second-order valence-corrected chi connectivity index (χ2v) is 9.21. The number of aromatic nitrogens is 1. The summed E-state index contributed by atoms with van der Waals surface area (Å²) in [6.07, 6.45) is 11.9. The van der Waals surface area contributed by atoms with E-state index in [1.807, 2.05) is 0 Å². The Morgan fingerprint density at radius 2 is 1.64 bits per heavy atom. The third-order valence-corrected chi connectivity index (χ3v) is 6.72. The molecule has 2 fully saturated rings. The van der Waals surface area contributed by atoms with Crippen molar-refractivity contribution in [1.82, 2.24) is 21.1 Å². The maximum atomic E-state index is 13.4. The molecule has 0 aromatic carbocycles. The number of carbonyl (C=O) groups excluding carboxylic acids is 4. The Morgan fingerprint density at radius 1 is 0.970 bits per heavy atom. The first-order chi connectivity index (χ1) is 15.9. The summed E-state index contributed by atoms with van der Waals surface area (Å²) in [7, 11) is 0. The lowest BCUT2D eigenvalue weighted by Crippen LogP contribution is -2.57. The Hall–Kier alpha value is -2.91. The number of nitrogens with one attached hydrogen (secondary N) is 3. The van der Waals surface area contributed by atoms with E-state index in [0.29, 0.717) is 12.3 Å². The first-order valence-corrected chi connectivity index (χ1v) is 12.0. The van der Waals surface area contributed by atoms with E-state index < -0.39 is 35.7 Å². The zero-order chi connectivity index (χ0) is 23.6. The highest BCUT2D eigenvalue weighted by Gasteiger charge is 2.34. The van der Waals surface area contributed by atoms with Gasteiger partial charge in [0.2, 0.25) is 23.5 Å². The van der Waals surface area contributed by atoms with Crippen LogP contribution in [0.4, 0.5) is 0 Å². The van der Waals surface area contributed by atoms with E-state index in [1.54, 1.807) is 0 Å². The molecule has 2 unspecified atom stereocenters. The van der Waals surface area contributed by atoms with Crippen molar-refractivity contribution in [3.63, 3.8) is 0 Å². The normalized spacial score (nSPS) is 19.3. The van der Waals surface area contributed by atoms with Crippen LogP contribution in [-0.4, -0.2) is 47.4 Å². The van der Waals surface area contributed by atoms with Gasteiger partial charge in [0, 0.05) is 6.07 Å². The largest absolute Gasteiger partial charge is 0.368 e. The van der Waals surface area contributed by atoms with Crippen LogP contribution in [-0.2, 0) is 14.4 Å². The minimum Gasteiger partial charge on any atom is -0.368 e. The van der Waals surface area contributed by atoms with Gasteiger partial charge in [-0.1, -0.05) is 56.5 Å². The zero-order valence-electron chi connectivity index (χ0n) is 19.0. The van der Waals surface area contributed by atoms with Crippen LogP contribution in [0.25, 0.3) is 0 Å². The van der Waals surface area contributed by atoms with E-state index in [1.165, 1.54) is 18.7 Å². The van der Waals surface area contributed by atoms with Crippen molar-refractivity contribution in [3.8, 4) is 0 Å². The summed E-state index contributed by atoms with van der Waals surface area (Å²) in [5.74, 6) is -1.68. The van der Waals surface area contributed by atoms with Gasteiger partial charge < -0.3 is 26.2 Å². The maximum absolute atomic E-state index is 13.4. The fourth-order valence-electron chi connectivity index (χ4n) is 4.95. The molecule has 10 nitrogen and oxygen atoms in total. The predicted molar refractivity (Wildman–Crippen MR) is 120 cm³/mol. The van der Waals surface area contributed by atoms with Crippen molar-refractivity contribution in [2.24, 2.45) is 17.6 Å². The summed E-state index contributed by atoms with van der Waals surface area (Å²) in [5, 5.41) is 11.7. The molecule has 0 radical (unpaired) electrons. The predicted octanol–water partition coefficient (Wildman–Crippen LogP) is 1.41. The van der Waals surface area contributed by atoms with Crippen LogP contribution in [0.1, 0.15) is 81.2 Å². The Kier molecular flexibility index (Phi) is 9.26. The maximum Gasteiger partial charge on any atom is 0.290 e. The van der Waals surface area contributed by atoms with Gasteiger partial charge in [0.25, 0.3) is 5.91 Å². The lowest BCUT2D eigenvalue weighted by Gasteiger charge is -2.32. The highest BCUT2D eigenvalue weighted by molar-refractivity contribution is 5.97. The smallest absolute Gasteiger partial charge is 0.290 e. The lowest BCUT2D eigenvalue weighted by molar-refractivity contribution is -0.132. The molecule has 1 heterocycles. The van der Waals surface area contributed by atoms with E-state index >= 15 is 0 Å². The first kappa shape index (κ1) is 24.7. The summed E-state index contributed by atoms with van der Waals surface area (Å²) in [6, 6.07) is -0.151. The van der Waals surface area contributed by atoms with E-state index in [-0.39, 0.29) is 18.2 Å². The third-order valence-electron chi connectivity index (χ3n) is 6.72. The molecule has 10 heteroatoms. The SMILES string of the molecule is NC(=O)CNC(=O)C(NC(=O)C(CC1CCCCC1)NC(=O)c1ccno1)C1CCCCC1. The zero-order valence-corrected chi connectivity index (χ0v) is 19.0. The van der Waals surface area contributed by atoms with Gasteiger partial charge in [-0.2, -0.15) is 0 Å². The molecule has 33 heavy (non-hydrogen) atoms. The van der Waals surface area contributed by atoms with Crippen LogP contribution >= 0.6 is 0 Å². The number of nitrogens with zero attached hydrogens (tertiary/aromatic N) is 1. The monoisotopic (exact) mass is 461 g/mol. The van der Waals surface area contributed by atoms with Crippen molar-refractivity contribution in [2.75, 3.05) is 6.54 Å². The Bertz CT molecular complexity index is 800. The average Bonchev–Trinajstić information content (AvgIpc) is 3.37. The average molecular weight is 462 g/mol. The molecule has 0 bridgehead atoms. The summed E-state index contributed by atoms with van der Waals surface area (Å²) in [4.78, 5) is 50.0. The summed E-state index contributed by atoms with van der Waals surface area (Å²) >= 11 is 0. The van der Waals surface area contributed by atoms with Crippen molar-refractivity contribution >= 4 is 23.6 Å². The van der Waals surface area contributed by atoms with Crippen LogP contribution in [0.3, 0.4) is 0 Å². The Morgan fingerprint density at radius 3 is 2.24 bits per heavy atom. The van der Waals surface area contributed by atoms with Gasteiger partial charge in [-0.15, -0.1) is 0 Å². The molecule has 1 aromatic heterocycles. The van der Waals surface area contributed by atoms with E-state index in [0.717, 1.165) is 57.8 Å². The number of carbonyl (C=O) groups is 4. The van der Waals surface area contributed by atoms with Gasteiger partial charge in [-0.25, -0.2) is 0 Å². The Labute approximate surface area is 193 Å². The number of rotatable bonds is 10. The van der Waals surface area contributed by atoms with Crippen LogP contribution in [0.15, 0.2) is 16.8 Å². The highest BCUT2D eigenvalue weighted by atomic mass is 16.5. The topological polar surface area (TPSA) is 156 Å². The first-order valence-electron chi connectivity index (χ1n) is 12.0. The van der Waals surface area contributed by atoms with Gasteiger partial charge in [-0.3, -0.25) is 19.2 Å². The van der Waals surface area contributed by atoms with E-state index in [2.05, 4.69) is 21.1 Å². The van der Waals surface area contributed by atoms with E-state index in [4.69, 9.17) is 10.3 Å². The quantitative estimate of drug-likeness (QED) is 0.413. The van der Waals surface area contributed by atoms with Gasteiger partial charge in [-0.05, 0) is 31.1 Å². The molecule has 1 aromatic rings. The second kappa shape index (κ2) is 12.4. The van der Waals surface area contributed by atoms with Gasteiger partial charge in [0.15, 0.2) is 0 Å². The van der Waals surface area contributed by atoms with Crippen LogP contribution in [0.2, 0.25) is 0 Å². The molecule has 0 spiro atoms. The van der Waals surface area contributed by atoms with Crippen molar-refractivity contribution < 1.29 is 23.7 Å². The minimum absolute atomic E-state index is 0.0273. The lowest BCUT2D eigenvalue weighted by atomic mass is 9.82. The van der Waals surface area contributed by atoms with Gasteiger partial charge in [0.05, 0.1) is 12.7 Å². The summed E-state index contributed by atoms with van der Waals surface area (Å²) < 4.78 is 4.93. The molecule has 5 N–H and O–H groups in total. The summed E-state index contributed by atoms with van der Waals surface area (Å²) in [6.45, 7) is -0.286. The fourth-order valence-corrected chi connectivity index (χ4v) is 4.95. The van der Waals surface area contributed by atoms with Crippen molar-refractivity contribution in [3.05, 3.63) is 18.0 Å². The minimum atomic E-state index is -0.805. The molecular formula is C23H35N5O5. The van der Waals surface area contributed by atoms with Crippen molar-refractivity contribution in [2.45, 2.75) is 82.7 Å². The van der Waals surface area contributed by atoms with Crippen LogP contribution in [0, 0.1) is 11.8 Å². The van der Waals surface area contributed by atoms with E-state index in [9.17, 15) is 19.2 Å². The molecule has 3 rings (SSSR count). The fraction of sp³-hybridized carbons (Fsp3) is 0.696. The molecular weight excluding hydrogens is 426 g/mol. The number of hydrogen-bond donors (Lipinski definition) is 4. The van der Waals surface area contributed by atoms with Crippen molar-refractivity contribution in [1.29, 1.82) is 0 Å². The Balaban J connectivity index is 1.72. The van der Waals surface area contributed by atoms with Crippen LogP contribution in [0.5, 0.6) is 0 Å². The molecule has 2 aliphatic carbocycles. The molecule has 4 amide bonds.